The number of carbonyl (C=O) groups is 1. The average molecular weight is 424 g/mol. The molecule has 2 aliphatic rings. The van der Waals surface area contributed by atoms with Gasteiger partial charge in [-0.05, 0) is 72.1 Å². The highest BCUT2D eigenvalue weighted by molar-refractivity contribution is 5.82. The van der Waals surface area contributed by atoms with Gasteiger partial charge in [-0.25, -0.2) is 0 Å². The summed E-state index contributed by atoms with van der Waals surface area (Å²) in [6.45, 7) is 2.37. The lowest BCUT2D eigenvalue weighted by Gasteiger charge is -2.17. The summed E-state index contributed by atoms with van der Waals surface area (Å²) in [5, 5.41) is 9.10. The SMILES string of the molecule is O=C(O)Cc1ccc2c(c1)CCCC=C2c1ccc(O[C@H]2CCN(CCCF)C2)cc1. The quantitative estimate of drug-likeness (QED) is 0.657. The molecule has 0 radical (unpaired) electrons. The van der Waals surface area contributed by atoms with Gasteiger partial charge < -0.3 is 9.84 Å². The third kappa shape index (κ3) is 5.53. The summed E-state index contributed by atoms with van der Waals surface area (Å²) in [6, 6.07) is 14.3. The lowest BCUT2D eigenvalue weighted by Crippen LogP contribution is -2.26. The monoisotopic (exact) mass is 423 g/mol. The van der Waals surface area contributed by atoms with Gasteiger partial charge in [0.25, 0.3) is 0 Å². The molecule has 0 spiro atoms. The van der Waals surface area contributed by atoms with Gasteiger partial charge in [0.15, 0.2) is 0 Å². The fourth-order valence-corrected chi connectivity index (χ4v) is 4.61. The summed E-state index contributed by atoms with van der Waals surface area (Å²) in [5.74, 6) is 0.0695. The Morgan fingerprint density at radius 1 is 1.19 bits per heavy atom. The van der Waals surface area contributed by atoms with E-state index >= 15 is 0 Å². The number of likely N-dealkylation sites (tertiary alicyclic amines) is 1. The molecule has 31 heavy (non-hydrogen) atoms. The van der Waals surface area contributed by atoms with Crippen molar-refractivity contribution < 1.29 is 19.0 Å². The maximum atomic E-state index is 12.4. The van der Waals surface area contributed by atoms with Gasteiger partial charge in [0.2, 0.25) is 0 Å². The van der Waals surface area contributed by atoms with Crippen molar-refractivity contribution in [3.8, 4) is 5.75 Å². The third-order valence-corrected chi connectivity index (χ3v) is 6.12. The minimum absolute atomic E-state index is 0.0603. The lowest BCUT2D eigenvalue weighted by molar-refractivity contribution is -0.136. The van der Waals surface area contributed by atoms with Crippen LogP contribution in [0.1, 0.15) is 47.9 Å². The molecule has 1 heterocycles. The van der Waals surface area contributed by atoms with Gasteiger partial charge >= 0.3 is 5.97 Å². The Balaban J connectivity index is 1.46. The Morgan fingerprint density at radius 2 is 2.03 bits per heavy atom. The van der Waals surface area contributed by atoms with Crippen LogP contribution in [0.15, 0.2) is 48.5 Å². The molecule has 2 aromatic carbocycles. The number of aliphatic carboxylic acids is 1. The van der Waals surface area contributed by atoms with Gasteiger partial charge in [-0.3, -0.25) is 14.1 Å². The Kier molecular flexibility index (Phi) is 7.03. The second kappa shape index (κ2) is 10.1. The Bertz CT molecular complexity index is 938. The van der Waals surface area contributed by atoms with Crippen LogP contribution in [0.5, 0.6) is 5.75 Å². The molecule has 0 bridgehead atoms. The van der Waals surface area contributed by atoms with Crippen LogP contribution in [-0.2, 0) is 17.6 Å². The van der Waals surface area contributed by atoms with Gasteiger partial charge in [0, 0.05) is 19.6 Å². The third-order valence-electron chi connectivity index (χ3n) is 6.12. The highest BCUT2D eigenvalue weighted by Gasteiger charge is 2.23. The predicted molar refractivity (Wildman–Crippen MR) is 120 cm³/mol. The van der Waals surface area contributed by atoms with Crippen LogP contribution in [0.25, 0.3) is 5.57 Å². The first-order valence-corrected chi connectivity index (χ1v) is 11.2. The van der Waals surface area contributed by atoms with Crippen molar-refractivity contribution >= 4 is 11.5 Å². The molecule has 4 rings (SSSR count). The Morgan fingerprint density at radius 3 is 2.81 bits per heavy atom. The van der Waals surface area contributed by atoms with E-state index in [0.717, 1.165) is 62.2 Å². The van der Waals surface area contributed by atoms with Crippen molar-refractivity contribution in [1.82, 2.24) is 4.90 Å². The average Bonchev–Trinajstić information content (AvgIpc) is 3.09. The molecule has 5 heteroatoms. The first kappa shape index (κ1) is 21.6. The minimum Gasteiger partial charge on any atom is -0.489 e. The van der Waals surface area contributed by atoms with Crippen LogP contribution < -0.4 is 4.74 Å². The van der Waals surface area contributed by atoms with Crippen LogP contribution in [0, 0.1) is 0 Å². The Labute approximate surface area is 183 Å². The van der Waals surface area contributed by atoms with Crippen molar-refractivity contribution in [2.75, 3.05) is 26.3 Å². The molecule has 0 aromatic heterocycles. The maximum absolute atomic E-state index is 12.4. The largest absolute Gasteiger partial charge is 0.489 e. The minimum atomic E-state index is -0.798. The molecule has 1 saturated heterocycles. The first-order valence-electron chi connectivity index (χ1n) is 11.2. The van der Waals surface area contributed by atoms with Crippen LogP contribution in [0.3, 0.4) is 0 Å². The number of hydrogen-bond acceptors (Lipinski definition) is 3. The molecule has 1 aliphatic carbocycles. The fraction of sp³-hybridized carbons (Fsp3) is 0.423. The summed E-state index contributed by atoms with van der Waals surface area (Å²) in [5.41, 5.74) is 5.63. The van der Waals surface area contributed by atoms with Crippen LogP contribution >= 0.6 is 0 Å². The summed E-state index contributed by atoms with van der Waals surface area (Å²) in [4.78, 5) is 13.3. The maximum Gasteiger partial charge on any atom is 0.307 e. The number of rotatable bonds is 8. The zero-order valence-corrected chi connectivity index (χ0v) is 17.9. The van der Waals surface area contributed by atoms with Crippen molar-refractivity contribution in [1.29, 1.82) is 0 Å². The number of nitrogens with zero attached hydrogens (tertiary/aromatic N) is 1. The van der Waals surface area contributed by atoms with Crippen molar-refractivity contribution in [3.63, 3.8) is 0 Å². The highest BCUT2D eigenvalue weighted by atomic mass is 19.1. The normalized spacial score (nSPS) is 18.9. The molecule has 1 atom stereocenters. The number of carboxylic acid groups (broad SMARTS) is 1. The molecule has 1 N–H and O–H groups in total. The van der Waals surface area contributed by atoms with E-state index in [1.807, 2.05) is 18.2 Å². The standard InChI is InChI=1S/C26H30FNO3/c27-13-3-14-28-15-12-23(18-28)31-22-9-7-20(8-10-22)24-5-2-1-4-21-16-19(17-26(29)30)6-11-25(21)24/h5-11,16,23H,1-4,12-15,17-18H2,(H,29,30)/t23-/m0/s1. The highest BCUT2D eigenvalue weighted by Crippen LogP contribution is 2.33. The zero-order chi connectivity index (χ0) is 21.6. The predicted octanol–water partition coefficient (Wildman–Crippen LogP) is 4.89. The number of halogens is 1. The second-order valence-electron chi connectivity index (χ2n) is 8.47. The number of carboxylic acids is 1. The van der Waals surface area contributed by atoms with Crippen LogP contribution in [0.2, 0.25) is 0 Å². The van der Waals surface area contributed by atoms with E-state index in [9.17, 15) is 9.18 Å². The summed E-state index contributed by atoms with van der Waals surface area (Å²) in [7, 11) is 0. The fourth-order valence-electron chi connectivity index (χ4n) is 4.61. The number of aryl methyl sites for hydroxylation is 1. The lowest BCUT2D eigenvalue weighted by atomic mass is 9.92. The topological polar surface area (TPSA) is 49.8 Å². The van der Waals surface area contributed by atoms with Crippen molar-refractivity contribution in [2.24, 2.45) is 0 Å². The van der Waals surface area contributed by atoms with Crippen LogP contribution in [0.4, 0.5) is 4.39 Å². The molecular weight excluding hydrogens is 393 g/mol. The van der Waals surface area contributed by atoms with Gasteiger partial charge in [-0.2, -0.15) is 0 Å². The number of hydrogen-bond donors (Lipinski definition) is 1. The van der Waals surface area contributed by atoms with E-state index in [-0.39, 0.29) is 19.2 Å². The number of allylic oxidation sites excluding steroid dienone is 1. The van der Waals surface area contributed by atoms with Gasteiger partial charge in [-0.1, -0.05) is 36.4 Å². The summed E-state index contributed by atoms with van der Waals surface area (Å²) >= 11 is 0. The summed E-state index contributed by atoms with van der Waals surface area (Å²) < 4.78 is 18.5. The molecule has 2 aromatic rings. The zero-order valence-electron chi connectivity index (χ0n) is 17.9. The molecule has 1 fully saturated rings. The molecule has 164 valence electrons. The summed E-state index contributed by atoms with van der Waals surface area (Å²) in [6.07, 6.45) is 7.12. The number of ether oxygens (including phenoxy) is 1. The molecule has 0 unspecified atom stereocenters. The molecule has 1 aliphatic heterocycles. The van der Waals surface area contributed by atoms with E-state index in [1.165, 1.54) is 16.7 Å². The van der Waals surface area contributed by atoms with E-state index in [0.29, 0.717) is 6.42 Å². The van der Waals surface area contributed by atoms with E-state index in [1.54, 1.807) is 0 Å². The smallest absolute Gasteiger partial charge is 0.307 e. The van der Waals surface area contributed by atoms with Gasteiger partial charge in [0.1, 0.15) is 11.9 Å². The van der Waals surface area contributed by atoms with Gasteiger partial charge in [-0.15, -0.1) is 0 Å². The van der Waals surface area contributed by atoms with Gasteiger partial charge in [0.05, 0.1) is 13.1 Å². The molecule has 0 amide bonds. The first-order chi connectivity index (χ1) is 15.1. The molecule has 4 nitrogen and oxygen atoms in total. The van der Waals surface area contributed by atoms with Crippen molar-refractivity contribution in [2.45, 2.75) is 44.6 Å². The van der Waals surface area contributed by atoms with Crippen molar-refractivity contribution in [3.05, 3.63) is 70.8 Å². The number of benzene rings is 2. The van der Waals surface area contributed by atoms with E-state index in [2.05, 4.69) is 35.2 Å². The number of alkyl halides is 1. The molecular formula is C26H30FNO3. The Hall–Kier alpha value is -2.66. The number of fused-ring (bicyclic) bond motifs is 1. The second-order valence-corrected chi connectivity index (χ2v) is 8.47. The van der Waals surface area contributed by atoms with E-state index in [4.69, 9.17) is 9.84 Å². The molecule has 0 saturated carbocycles. The van der Waals surface area contributed by atoms with E-state index < -0.39 is 5.97 Å². The van der Waals surface area contributed by atoms with Crippen LogP contribution in [-0.4, -0.2) is 48.4 Å².